The van der Waals surface area contributed by atoms with Crippen molar-refractivity contribution in [3.63, 3.8) is 0 Å². The summed E-state index contributed by atoms with van der Waals surface area (Å²) in [6.07, 6.45) is 5.17. The molecule has 0 bridgehead atoms. The number of rotatable bonds is 8. The monoisotopic (exact) mass is 498 g/mol. The van der Waals surface area contributed by atoms with Crippen LogP contribution in [0.25, 0.3) is 0 Å². The van der Waals surface area contributed by atoms with E-state index in [4.69, 9.17) is 10.8 Å². The first kappa shape index (κ1) is 27.2. The summed E-state index contributed by atoms with van der Waals surface area (Å²) in [4.78, 5) is 24.0. The van der Waals surface area contributed by atoms with E-state index in [9.17, 15) is 9.59 Å². The number of nitrogens with two attached hydrogens (primary N) is 1. The van der Waals surface area contributed by atoms with Crippen LogP contribution in [-0.4, -0.2) is 22.7 Å². The Hall–Kier alpha value is -4.39. The Balaban J connectivity index is 0.000000356. The van der Waals surface area contributed by atoms with Gasteiger partial charge in [0.25, 0.3) is 5.91 Å². The highest BCUT2D eigenvalue weighted by Gasteiger charge is 2.30. The van der Waals surface area contributed by atoms with Crippen molar-refractivity contribution in [3.05, 3.63) is 101 Å². The topological polar surface area (TPSA) is 108 Å². The zero-order valence-electron chi connectivity index (χ0n) is 21.6. The molecule has 0 atom stereocenters. The fourth-order valence-electron chi connectivity index (χ4n) is 3.92. The lowest BCUT2D eigenvalue weighted by Crippen LogP contribution is -2.22. The number of hydrogen-bond acceptors (Lipinski definition) is 5. The number of nitrogens with one attached hydrogen (secondary N) is 1. The molecule has 7 nitrogen and oxygen atoms in total. The van der Waals surface area contributed by atoms with Crippen molar-refractivity contribution in [2.24, 2.45) is 5.10 Å². The van der Waals surface area contributed by atoms with Crippen molar-refractivity contribution in [3.8, 4) is 0 Å². The molecule has 0 spiro atoms. The van der Waals surface area contributed by atoms with Gasteiger partial charge in [-0.05, 0) is 66.8 Å². The van der Waals surface area contributed by atoms with Crippen LogP contribution in [0, 0.1) is 0 Å². The number of aryl methyl sites for hydroxylation is 2. The molecule has 0 aliphatic carbocycles. The average molecular weight is 499 g/mol. The Morgan fingerprint density at radius 1 is 0.946 bits per heavy atom. The number of carboxylic acids is 1. The molecule has 0 fully saturated rings. The molecule has 0 radical (unpaired) electrons. The van der Waals surface area contributed by atoms with Gasteiger partial charge in [0.05, 0.1) is 22.5 Å². The van der Waals surface area contributed by atoms with Crippen LogP contribution in [0.4, 0.5) is 17.1 Å². The number of anilines is 3. The molecule has 3 aromatic carbocycles. The van der Waals surface area contributed by atoms with Crippen LogP contribution in [0.2, 0.25) is 0 Å². The third-order valence-corrected chi connectivity index (χ3v) is 6.01. The minimum Gasteiger partial charge on any atom is -0.478 e. The molecule has 0 aromatic heterocycles. The zero-order chi connectivity index (χ0) is 26.8. The Bertz CT molecular complexity index is 1300. The summed E-state index contributed by atoms with van der Waals surface area (Å²) >= 11 is 0. The molecule has 1 amide bonds. The molecule has 37 heavy (non-hydrogen) atoms. The number of nitrogen functional groups attached to an aromatic ring is 1. The molecular weight excluding hydrogens is 464 g/mol. The minimum atomic E-state index is -1.01. The summed E-state index contributed by atoms with van der Waals surface area (Å²) < 4.78 is 0. The van der Waals surface area contributed by atoms with Gasteiger partial charge in [-0.2, -0.15) is 10.1 Å². The fourth-order valence-corrected chi connectivity index (χ4v) is 3.92. The normalized spacial score (nSPS) is 13.7. The van der Waals surface area contributed by atoms with Crippen molar-refractivity contribution in [1.29, 1.82) is 0 Å². The summed E-state index contributed by atoms with van der Waals surface area (Å²) in [5, 5.41) is 18.1. The third-order valence-electron chi connectivity index (χ3n) is 6.01. The molecular formula is C30H34N4O3. The van der Waals surface area contributed by atoms with Gasteiger partial charge in [-0.25, -0.2) is 4.79 Å². The predicted molar refractivity (Wildman–Crippen MR) is 151 cm³/mol. The number of carbonyl (C=O) groups excluding carboxylic acids is 1. The number of nitrogens with zero attached hydrogens (tertiary/aromatic N) is 2. The maximum Gasteiger partial charge on any atom is 0.335 e. The number of carbonyl (C=O) groups is 2. The number of benzene rings is 3. The highest BCUT2D eigenvalue weighted by atomic mass is 16.4. The van der Waals surface area contributed by atoms with Crippen molar-refractivity contribution < 1.29 is 14.7 Å². The van der Waals surface area contributed by atoms with Gasteiger partial charge in [0.15, 0.2) is 0 Å². The molecule has 1 aliphatic rings. The molecule has 7 heteroatoms. The molecule has 192 valence electrons. The fraction of sp³-hybridized carbons (Fsp3) is 0.233. The minimum absolute atomic E-state index is 0.168. The molecule has 0 saturated carbocycles. The van der Waals surface area contributed by atoms with Crippen LogP contribution in [0.5, 0.6) is 0 Å². The van der Waals surface area contributed by atoms with E-state index < -0.39 is 5.97 Å². The molecule has 4 N–H and O–H groups in total. The van der Waals surface area contributed by atoms with Crippen molar-refractivity contribution in [2.75, 3.05) is 16.1 Å². The smallest absolute Gasteiger partial charge is 0.335 e. The Kier molecular flexibility index (Phi) is 9.61. The van der Waals surface area contributed by atoms with Crippen LogP contribution in [0.3, 0.4) is 0 Å². The zero-order valence-corrected chi connectivity index (χ0v) is 21.6. The van der Waals surface area contributed by atoms with Crippen LogP contribution in [0.1, 0.15) is 55.1 Å². The Morgan fingerprint density at radius 2 is 1.57 bits per heavy atom. The Morgan fingerprint density at radius 3 is 2.14 bits per heavy atom. The molecule has 3 aromatic rings. The highest BCUT2D eigenvalue weighted by molar-refractivity contribution is 6.30. The number of carboxylic acid groups (broad SMARTS) is 1. The number of para-hydroxylation sites is 2. The lowest BCUT2D eigenvalue weighted by Gasteiger charge is -2.12. The Labute approximate surface area is 218 Å². The van der Waals surface area contributed by atoms with E-state index in [1.807, 2.05) is 43.3 Å². The van der Waals surface area contributed by atoms with E-state index in [2.05, 4.69) is 36.4 Å². The number of hydrazone groups is 1. The average Bonchev–Trinajstić information content (AvgIpc) is 3.23. The van der Waals surface area contributed by atoms with E-state index in [0.717, 1.165) is 36.3 Å². The van der Waals surface area contributed by atoms with Gasteiger partial charge in [-0.3, -0.25) is 4.79 Å². The lowest BCUT2D eigenvalue weighted by atomic mass is 10.1. The largest absolute Gasteiger partial charge is 0.478 e. The number of hydrogen-bond donors (Lipinski definition) is 3. The molecule has 1 heterocycles. The van der Waals surface area contributed by atoms with Crippen molar-refractivity contribution >= 4 is 34.7 Å². The first-order valence-electron chi connectivity index (χ1n) is 12.5. The molecule has 0 unspecified atom stereocenters. The van der Waals surface area contributed by atoms with Gasteiger partial charge >= 0.3 is 5.97 Å². The first-order chi connectivity index (χ1) is 17.9. The predicted octanol–water partition coefficient (Wildman–Crippen LogP) is 6.28. The van der Waals surface area contributed by atoms with E-state index >= 15 is 0 Å². The van der Waals surface area contributed by atoms with Gasteiger partial charge in [0.2, 0.25) is 0 Å². The van der Waals surface area contributed by atoms with E-state index in [-0.39, 0.29) is 11.5 Å². The third kappa shape index (κ3) is 6.85. The summed E-state index contributed by atoms with van der Waals surface area (Å²) in [5.74, 6) is -1.23. The van der Waals surface area contributed by atoms with Gasteiger partial charge in [-0.15, -0.1) is 0 Å². The van der Waals surface area contributed by atoms with E-state index in [1.165, 1.54) is 28.3 Å². The lowest BCUT2D eigenvalue weighted by molar-refractivity contribution is -0.114. The van der Waals surface area contributed by atoms with Crippen LogP contribution < -0.4 is 16.1 Å². The first-order valence-corrected chi connectivity index (χ1v) is 12.5. The summed E-state index contributed by atoms with van der Waals surface area (Å²) in [6.45, 7) is 6.22. The SMILES string of the molecule is CCCC1=NN(c2ccc(C(=O)O)cc2)C(=O)C1=CNc1ccccc1CC.CCc1ccccc1N. The second-order valence-corrected chi connectivity index (χ2v) is 8.53. The van der Waals surface area contributed by atoms with Gasteiger partial charge in [-0.1, -0.05) is 63.6 Å². The van der Waals surface area contributed by atoms with Crippen molar-refractivity contribution in [2.45, 2.75) is 46.5 Å². The number of aromatic carboxylic acids is 1. The molecule has 0 saturated heterocycles. The quantitative estimate of drug-likeness (QED) is 0.250. The van der Waals surface area contributed by atoms with Crippen molar-refractivity contribution in [1.82, 2.24) is 0 Å². The second-order valence-electron chi connectivity index (χ2n) is 8.53. The maximum atomic E-state index is 13.0. The van der Waals surface area contributed by atoms with E-state index in [1.54, 1.807) is 18.3 Å². The summed E-state index contributed by atoms with van der Waals surface area (Å²) in [6, 6.07) is 22.0. The highest BCUT2D eigenvalue weighted by Crippen LogP contribution is 2.26. The van der Waals surface area contributed by atoms with Crippen LogP contribution in [0.15, 0.2) is 89.7 Å². The van der Waals surface area contributed by atoms with Crippen LogP contribution in [-0.2, 0) is 17.6 Å². The van der Waals surface area contributed by atoms with Gasteiger partial charge in [0, 0.05) is 17.6 Å². The summed E-state index contributed by atoms with van der Waals surface area (Å²) in [5.41, 5.74) is 11.9. The van der Waals surface area contributed by atoms with Gasteiger partial charge < -0.3 is 16.2 Å². The van der Waals surface area contributed by atoms with Gasteiger partial charge in [0.1, 0.15) is 0 Å². The standard InChI is InChI=1S/C22H23N3O3.C8H11N/c1-3-7-20-18(14-23-19-9-6-5-8-15(19)4-2)21(26)25(24-20)17-12-10-16(11-13-17)22(27)28;1-2-7-5-3-4-6-8(7)9/h5-6,8-14,23H,3-4,7H2,1-2H3,(H,27,28);3-6H,2,9H2,1H3. The number of amides is 1. The second kappa shape index (κ2) is 13.1. The molecule has 1 aliphatic heterocycles. The molecule has 4 rings (SSSR count). The van der Waals surface area contributed by atoms with Crippen LogP contribution >= 0.6 is 0 Å². The maximum absolute atomic E-state index is 13.0. The summed E-state index contributed by atoms with van der Waals surface area (Å²) in [7, 11) is 0. The van der Waals surface area contributed by atoms with E-state index in [0.29, 0.717) is 17.7 Å².